The van der Waals surface area contributed by atoms with Crippen molar-refractivity contribution in [3.05, 3.63) is 59.0 Å². The average Bonchev–Trinajstić information content (AvgIpc) is 2.66. The van der Waals surface area contributed by atoms with Crippen LogP contribution >= 0.6 is 0 Å². The number of nitrogens with zero attached hydrogens (tertiary/aromatic N) is 2. The van der Waals surface area contributed by atoms with Crippen LogP contribution in [-0.4, -0.2) is 36.3 Å². The van der Waals surface area contributed by atoms with Crippen LogP contribution < -0.4 is 4.74 Å². The van der Waals surface area contributed by atoms with Crippen LogP contribution in [0.4, 0.5) is 17.6 Å². The number of halogens is 4. The Morgan fingerprint density at radius 2 is 1.96 bits per heavy atom. The molecule has 0 radical (unpaired) electrons. The molecule has 0 aromatic carbocycles. The average molecular weight is 418 g/mol. The van der Waals surface area contributed by atoms with Crippen molar-refractivity contribution in [1.82, 2.24) is 4.98 Å². The van der Waals surface area contributed by atoms with Crippen molar-refractivity contribution in [2.75, 3.05) is 0 Å². The zero-order valence-electron chi connectivity index (χ0n) is 14.1. The van der Waals surface area contributed by atoms with Gasteiger partial charge in [-0.25, -0.2) is 12.8 Å². The fourth-order valence-electron chi connectivity index (χ4n) is 2.28. The van der Waals surface area contributed by atoms with Crippen LogP contribution in [0.3, 0.4) is 0 Å². The van der Waals surface area contributed by atoms with Crippen molar-refractivity contribution in [1.29, 1.82) is 5.26 Å². The number of allylic oxidation sites excluding steroid dienone is 3. The fourth-order valence-corrected chi connectivity index (χ4v) is 3.21. The normalized spacial score (nSPS) is 25.2. The maximum Gasteiger partial charge on any atom is 0.501 e. The molecule has 1 N–H and O–H groups in total. The Labute approximate surface area is 158 Å². The van der Waals surface area contributed by atoms with Gasteiger partial charge in [-0.2, -0.15) is 18.4 Å². The molecule has 150 valence electrons. The van der Waals surface area contributed by atoms with Gasteiger partial charge >= 0.3 is 5.51 Å². The zero-order chi connectivity index (χ0) is 21.1. The molecule has 0 saturated carbocycles. The summed E-state index contributed by atoms with van der Waals surface area (Å²) in [6.45, 7) is 3.57. The van der Waals surface area contributed by atoms with Gasteiger partial charge in [-0.15, -0.1) is 0 Å². The molecule has 1 aromatic rings. The van der Waals surface area contributed by atoms with E-state index >= 15 is 0 Å². The number of nitriles is 1. The monoisotopic (exact) mass is 418 g/mol. The van der Waals surface area contributed by atoms with Crippen LogP contribution in [0.15, 0.2) is 53.4 Å². The number of pyridine rings is 1. The summed E-state index contributed by atoms with van der Waals surface area (Å²) in [6.07, 6.45) is -1.72. The van der Waals surface area contributed by atoms with E-state index in [4.69, 9.17) is 10.00 Å². The lowest BCUT2D eigenvalue weighted by molar-refractivity contribution is -0.0429. The molecule has 1 aliphatic carbocycles. The van der Waals surface area contributed by atoms with Gasteiger partial charge in [0.25, 0.3) is 9.84 Å². The minimum atomic E-state index is -5.79. The third-order valence-electron chi connectivity index (χ3n) is 3.76. The van der Waals surface area contributed by atoms with Crippen molar-refractivity contribution < 1.29 is 35.8 Å². The van der Waals surface area contributed by atoms with Gasteiger partial charge in [0.1, 0.15) is 23.7 Å². The van der Waals surface area contributed by atoms with E-state index in [-0.39, 0.29) is 22.6 Å². The standard InChI is InChI=1S/C17H14F4N2O4S/c1-10-4-14(18)15(24)6-13(28(25,26)17(19,20)21)2-3-16(10)27-12-5-11(7-22)8-23-9-12/h2-3,5,8-9,14-15,24H,1,4,6H2/b13-2+,16-3+/t14-,15+/m1/s1. The first-order valence-electron chi connectivity index (χ1n) is 7.71. The molecule has 2 rings (SSSR count). The molecule has 0 unspecified atom stereocenters. The minimum absolute atomic E-state index is 0.00952. The second kappa shape index (κ2) is 8.12. The van der Waals surface area contributed by atoms with Crippen LogP contribution in [0.2, 0.25) is 0 Å². The van der Waals surface area contributed by atoms with Crippen LogP contribution in [0, 0.1) is 11.3 Å². The highest BCUT2D eigenvalue weighted by Gasteiger charge is 2.48. The molecule has 0 spiro atoms. The lowest BCUT2D eigenvalue weighted by Crippen LogP contribution is -2.29. The molecular formula is C17H14F4N2O4S. The van der Waals surface area contributed by atoms with E-state index in [1.807, 2.05) is 6.07 Å². The highest BCUT2D eigenvalue weighted by Crippen LogP contribution is 2.34. The first kappa shape index (κ1) is 21.6. The summed E-state index contributed by atoms with van der Waals surface area (Å²) in [5, 5.41) is 18.6. The Hall–Kier alpha value is -2.71. The Morgan fingerprint density at radius 1 is 1.29 bits per heavy atom. The van der Waals surface area contributed by atoms with Crippen molar-refractivity contribution in [3.63, 3.8) is 0 Å². The number of ether oxygens (including phenoxy) is 1. The fraction of sp³-hybridized carbons (Fsp3) is 0.294. The summed E-state index contributed by atoms with van der Waals surface area (Å²) < 4.78 is 81.6. The number of aliphatic hydroxyl groups excluding tert-OH is 1. The van der Waals surface area contributed by atoms with Crippen molar-refractivity contribution in [2.45, 2.75) is 30.6 Å². The van der Waals surface area contributed by atoms with E-state index in [1.54, 1.807) is 0 Å². The summed E-state index contributed by atoms with van der Waals surface area (Å²) in [6, 6.07) is 3.08. The predicted octanol–water partition coefficient (Wildman–Crippen LogP) is 3.08. The largest absolute Gasteiger partial charge is 0.501 e. The van der Waals surface area contributed by atoms with Crippen LogP contribution in [0.25, 0.3) is 0 Å². The SMILES string of the molecule is C=C1C[C@@H](F)[C@@H](O)C/C(S(=O)(=O)C(F)(F)F)=C\C=C/1Oc1cncc(C#N)c1. The van der Waals surface area contributed by atoms with E-state index < -0.39 is 45.4 Å². The lowest BCUT2D eigenvalue weighted by Gasteiger charge is -2.18. The zero-order valence-corrected chi connectivity index (χ0v) is 15.0. The maximum absolute atomic E-state index is 14.2. The Kier molecular flexibility index (Phi) is 6.26. The van der Waals surface area contributed by atoms with Crippen LogP contribution in [-0.2, 0) is 9.84 Å². The molecule has 1 aliphatic rings. The molecule has 6 nitrogen and oxygen atoms in total. The van der Waals surface area contributed by atoms with Gasteiger partial charge < -0.3 is 9.84 Å². The first-order chi connectivity index (χ1) is 13.0. The smallest absolute Gasteiger partial charge is 0.455 e. The molecule has 0 saturated heterocycles. The number of hydrogen-bond acceptors (Lipinski definition) is 6. The molecule has 28 heavy (non-hydrogen) atoms. The third-order valence-corrected chi connectivity index (χ3v) is 5.36. The number of aliphatic hydroxyl groups is 1. The van der Waals surface area contributed by atoms with Crippen LogP contribution in [0.5, 0.6) is 5.75 Å². The Balaban J connectivity index is 2.51. The van der Waals surface area contributed by atoms with Gasteiger partial charge in [0.15, 0.2) is 0 Å². The van der Waals surface area contributed by atoms with Gasteiger partial charge in [0, 0.05) is 25.1 Å². The van der Waals surface area contributed by atoms with Crippen molar-refractivity contribution >= 4 is 9.84 Å². The minimum Gasteiger partial charge on any atom is -0.455 e. The Bertz CT molecular complexity index is 978. The van der Waals surface area contributed by atoms with Gasteiger partial charge in [-0.1, -0.05) is 6.58 Å². The Morgan fingerprint density at radius 3 is 2.57 bits per heavy atom. The van der Waals surface area contributed by atoms with Crippen molar-refractivity contribution in [3.8, 4) is 11.8 Å². The summed E-state index contributed by atoms with van der Waals surface area (Å²) in [4.78, 5) is 2.53. The van der Waals surface area contributed by atoms with Crippen LogP contribution in [0.1, 0.15) is 18.4 Å². The molecule has 0 bridgehead atoms. The number of hydrogen-bond donors (Lipinski definition) is 1. The first-order valence-corrected chi connectivity index (χ1v) is 9.19. The second-order valence-electron chi connectivity index (χ2n) is 5.83. The highest BCUT2D eigenvalue weighted by molar-refractivity contribution is 7.96. The summed E-state index contributed by atoms with van der Waals surface area (Å²) in [5.41, 5.74) is -5.52. The van der Waals surface area contributed by atoms with E-state index in [0.717, 1.165) is 6.08 Å². The highest BCUT2D eigenvalue weighted by atomic mass is 32.2. The third kappa shape index (κ3) is 4.76. The molecule has 1 heterocycles. The predicted molar refractivity (Wildman–Crippen MR) is 90.0 cm³/mol. The summed E-state index contributed by atoms with van der Waals surface area (Å²) in [7, 11) is -5.79. The van der Waals surface area contributed by atoms with Gasteiger partial charge in [-0.3, -0.25) is 4.98 Å². The van der Waals surface area contributed by atoms with Crippen molar-refractivity contribution in [2.24, 2.45) is 0 Å². The molecule has 11 heteroatoms. The summed E-state index contributed by atoms with van der Waals surface area (Å²) >= 11 is 0. The molecule has 2 atom stereocenters. The number of alkyl halides is 4. The van der Waals surface area contributed by atoms with E-state index in [0.29, 0.717) is 6.08 Å². The topological polar surface area (TPSA) is 100 Å². The number of rotatable bonds is 3. The summed E-state index contributed by atoms with van der Waals surface area (Å²) in [5.74, 6) is -0.223. The van der Waals surface area contributed by atoms with E-state index in [2.05, 4.69) is 11.6 Å². The number of sulfone groups is 1. The molecule has 0 fully saturated rings. The maximum atomic E-state index is 14.2. The second-order valence-corrected chi connectivity index (χ2v) is 7.83. The van der Waals surface area contributed by atoms with Gasteiger partial charge in [0.2, 0.25) is 0 Å². The molecular weight excluding hydrogens is 404 g/mol. The van der Waals surface area contributed by atoms with E-state index in [9.17, 15) is 31.1 Å². The number of aromatic nitrogens is 1. The lowest BCUT2D eigenvalue weighted by atomic mass is 10.0. The quantitative estimate of drug-likeness (QED) is 0.758. The molecule has 1 aromatic heterocycles. The molecule has 0 amide bonds. The van der Waals surface area contributed by atoms with E-state index in [1.165, 1.54) is 18.5 Å². The van der Waals surface area contributed by atoms with Gasteiger partial charge in [-0.05, 0) is 17.7 Å². The molecule has 0 aliphatic heterocycles. The van der Waals surface area contributed by atoms with Gasteiger partial charge in [0.05, 0.1) is 22.8 Å².